The Hall–Kier alpha value is -9.91. The normalized spacial score (nSPS) is 11.6. The van der Waals surface area contributed by atoms with E-state index in [9.17, 15) is 126 Å². The molecule has 0 unspecified atom stereocenters. The molecule has 1 N–H and O–H groups in total. The fraction of sp³-hybridized carbons (Fsp3) is 0.417. The predicted molar refractivity (Wildman–Crippen MR) is 146 cm³/mol. The Bertz CT molecular complexity index is 1830. The summed E-state index contributed by atoms with van der Waals surface area (Å²) < 4.78 is 0. The summed E-state index contributed by atoms with van der Waals surface area (Å²) in [5.74, 6) is -40.3. The number of carbonyl (C=O) groups excluding carboxylic acids is 1. The molecule has 0 radical (unpaired) electrons. The van der Waals surface area contributed by atoms with Gasteiger partial charge in [0.2, 0.25) is 5.91 Å². The fourth-order valence-electron chi connectivity index (χ4n) is 3.66. The number of rotatable bonds is 19. The molecular weight excluding hydrogens is 824 g/mol. The van der Waals surface area contributed by atoms with Gasteiger partial charge in [-0.3, -0.25) is 132 Å². The summed E-state index contributed by atoms with van der Waals surface area (Å²) in [4.78, 5) is 138. The molecule has 0 fully saturated rings. The number of nitro groups is 12. The molecule has 45 nitrogen and oxygen atoms in total. The molecule has 0 saturated carbocycles. The molecule has 57 heavy (non-hydrogen) atoms. The maximum atomic E-state index is 12.2. The van der Waals surface area contributed by atoms with Gasteiger partial charge in [0.25, 0.3) is 11.9 Å². The van der Waals surface area contributed by atoms with Crippen molar-refractivity contribution in [2.45, 2.75) is 30.1 Å². The Kier molecular flexibility index (Phi) is 10.8. The first-order valence-electron chi connectivity index (χ1n) is 12.4. The van der Waals surface area contributed by atoms with E-state index in [1.165, 1.54) is 0 Å². The maximum absolute atomic E-state index is 12.2. The third kappa shape index (κ3) is 6.01. The number of aromatic nitrogens is 6. The molecule has 0 aliphatic rings. The van der Waals surface area contributed by atoms with Crippen LogP contribution in [-0.4, -0.2) is 94.9 Å². The van der Waals surface area contributed by atoms with Crippen molar-refractivity contribution in [1.29, 1.82) is 0 Å². The average Bonchev–Trinajstić information content (AvgIpc) is 3.02. The lowest BCUT2D eigenvalue weighted by atomic mass is 10.3. The number of hydrogen-bond acceptors (Lipinski definition) is 32. The lowest BCUT2D eigenvalue weighted by Crippen LogP contribution is -2.55. The standard InChI is InChI=1S/C12H4N20O25/c1-2(33)19-20(7-15-3(9(21(34)35,22(36)37)23(38)39)13-4(16-7)10(24(40)41,25(42)43)26(44)45)8-17-5(11(27(46)47,28(48)49)29(50)51)14-6(18-8)12(30(52)53,31(54)55)32(56)57/h1H3,(H,19,33). The van der Waals surface area contributed by atoms with Crippen LogP contribution in [0.25, 0.3) is 0 Å². The summed E-state index contributed by atoms with van der Waals surface area (Å²) in [6, 6.07) is 0. The summed E-state index contributed by atoms with van der Waals surface area (Å²) in [7, 11) is 0. The van der Waals surface area contributed by atoms with E-state index in [-0.39, 0.29) is 6.92 Å². The lowest BCUT2D eigenvalue weighted by Gasteiger charge is -2.21. The molecule has 0 bridgehead atoms. The van der Waals surface area contributed by atoms with Crippen molar-refractivity contribution < 1.29 is 63.9 Å². The highest BCUT2D eigenvalue weighted by molar-refractivity contribution is 5.76. The number of nitrogens with zero attached hydrogens (tertiary/aromatic N) is 19. The van der Waals surface area contributed by atoms with E-state index in [1.807, 2.05) is 0 Å². The van der Waals surface area contributed by atoms with Crippen molar-refractivity contribution in [3.63, 3.8) is 0 Å². The second kappa shape index (κ2) is 14.3. The molecular formula is C12H4N20O25. The molecule has 2 aromatic heterocycles. The van der Waals surface area contributed by atoms with Gasteiger partial charge in [0.15, 0.2) is 59.1 Å². The smallest absolute Gasteiger partial charge is 0.274 e. The zero-order valence-electron chi connectivity index (χ0n) is 25.7. The Morgan fingerprint density at radius 2 is 0.544 bits per heavy atom. The minimum Gasteiger partial charge on any atom is -0.274 e. The molecule has 0 aromatic carbocycles. The topological polar surface area (TPSA) is 627 Å². The van der Waals surface area contributed by atoms with Crippen LogP contribution in [0.15, 0.2) is 0 Å². The Balaban J connectivity index is 3.68. The minimum absolute atomic E-state index is 0.231. The highest BCUT2D eigenvalue weighted by Gasteiger charge is 2.82. The molecule has 0 atom stereocenters. The zero-order valence-corrected chi connectivity index (χ0v) is 25.7. The second-order valence-corrected chi connectivity index (χ2v) is 9.20. The highest BCUT2D eigenvalue weighted by atomic mass is 16.8. The molecule has 2 aromatic rings. The number of anilines is 2. The van der Waals surface area contributed by atoms with E-state index in [0.29, 0.717) is 0 Å². The molecule has 2 rings (SSSR count). The Morgan fingerprint density at radius 1 is 0.386 bits per heavy atom. The van der Waals surface area contributed by atoms with Gasteiger partial charge in [0.1, 0.15) is 0 Å². The predicted octanol–water partition coefficient (Wildman–Crippen LogP) is -4.99. The van der Waals surface area contributed by atoms with Gasteiger partial charge in [-0.1, -0.05) is 0 Å². The van der Waals surface area contributed by atoms with Crippen LogP contribution >= 0.6 is 0 Å². The first-order valence-corrected chi connectivity index (χ1v) is 12.4. The molecule has 0 saturated heterocycles. The SMILES string of the molecule is CC(=O)NN(c1nc(C([N+](=O)[O-])([N+](=O)[O-])[N+](=O)[O-])nc(C([N+](=O)[O-])([N+](=O)[O-])[N+](=O)[O-])n1)c1nc(C([N+](=O)[O-])([N+](=O)[O-])[N+](=O)[O-])nc(C([N+](=O)[O-])([N+](=O)[O-])[N+](=O)[O-])n1. The van der Waals surface area contributed by atoms with Gasteiger partial charge >= 0.3 is 46.4 Å². The van der Waals surface area contributed by atoms with Crippen LogP contribution < -0.4 is 10.4 Å². The van der Waals surface area contributed by atoms with E-state index in [4.69, 9.17) is 0 Å². The maximum Gasteiger partial charge on any atom is 0.763 e. The summed E-state index contributed by atoms with van der Waals surface area (Å²) in [5.41, 5.74) is 1.13. The molecule has 0 aliphatic carbocycles. The summed E-state index contributed by atoms with van der Waals surface area (Å²) >= 11 is 0. The first kappa shape index (κ1) is 43.3. The second-order valence-electron chi connectivity index (χ2n) is 9.20. The van der Waals surface area contributed by atoms with Gasteiger partial charge in [0, 0.05) is 6.92 Å². The van der Waals surface area contributed by atoms with Gasteiger partial charge in [-0.25, -0.2) is 0 Å². The van der Waals surface area contributed by atoms with Gasteiger partial charge in [-0.05, 0) is 0 Å². The molecule has 0 spiro atoms. The van der Waals surface area contributed by atoms with Crippen molar-refractivity contribution in [1.82, 2.24) is 35.3 Å². The molecule has 0 aliphatic heterocycles. The summed E-state index contributed by atoms with van der Waals surface area (Å²) in [6.07, 6.45) is 0. The van der Waals surface area contributed by atoms with Crippen LogP contribution in [0.4, 0.5) is 11.9 Å². The monoisotopic (exact) mass is 828 g/mol. The fourth-order valence-corrected chi connectivity index (χ4v) is 3.66. The van der Waals surface area contributed by atoms with Crippen LogP contribution in [0.5, 0.6) is 0 Å². The third-order valence-electron chi connectivity index (χ3n) is 6.17. The number of hydrazine groups is 1. The van der Waals surface area contributed by atoms with Crippen molar-refractivity contribution >= 4 is 17.8 Å². The van der Waals surface area contributed by atoms with Gasteiger partial charge in [-0.2, -0.15) is 34.9 Å². The van der Waals surface area contributed by atoms with Crippen molar-refractivity contribution in [2.75, 3.05) is 5.01 Å². The first-order chi connectivity index (χ1) is 26.0. The van der Waals surface area contributed by atoms with Crippen molar-refractivity contribution in [3.8, 4) is 0 Å². The quantitative estimate of drug-likeness (QED) is 0.0787. The summed E-state index contributed by atoms with van der Waals surface area (Å²) in [5, 5.41) is 141. The summed E-state index contributed by atoms with van der Waals surface area (Å²) in [6.45, 7) is 0.231. The Labute approximate surface area is 297 Å². The van der Waals surface area contributed by atoms with Gasteiger partial charge in [-0.15, -0.1) is 0 Å². The number of hydrogen-bond donors (Lipinski definition) is 1. The van der Waals surface area contributed by atoms with E-state index in [2.05, 4.69) is 29.9 Å². The number of carbonyl (C=O) groups is 1. The number of nitrogens with one attached hydrogen (secondary N) is 1. The third-order valence-corrected chi connectivity index (χ3v) is 6.17. The average molecular weight is 828 g/mol. The zero-order chi connectivity index (χ0) is 44.5. The van der Waals surface area contributed by atoms with Crippen LogP contribution in [-0.2, 0) is 27.9 Å². The van der Waals surface area contributed by atoms with Crippen molar-refractivity contribution in [3.05, 3.63) is 145 Å². The Morgan fingerprint density at radius 3 is 0.667 bits per heavy atom. The van der Waals surface area contributed by atoms with Gasteiger partial charge in [0.05, 0.1) is 0 Å². The van der Waals surface area contributed by atoms with Crippen LogP contribution in [0, 0.1) is 121 Å². The minimum atomic E-state index is -5.44. The molecule has 302 valence electrons. The van der Waals surface area contributed by atoms with E-state index >= 15 is 0 Å². The molecule has 2 heterocycles. The lowest BCUT2D eigenvalue weighted by molar-refractivity contribution is -0.990. The van der Waals surface area contributed by atoms with Crippen LogP contribution in [0.3, 0.4) is 0 Å². The molecule has 45 heteroatoms. The van der Waals surface area contributed by atoms with Crippen LogP contribution in [0.1, 0.15) is 30.2 Å². The highest BCUT2D eigenvalue weighted by Crippen LogP contribution is 2.34. The van der Waals surface area contributed by atoms with E-state index in [0.717, 1.165) is 5.43 Å². The number of amides is 1. The van der Waals surface area contributed by atoms with Gasteiger partial charge < -0.3 is 0 Å². The largest absolute Gasteiger partial charge is 0.763 e. The van der Waals surface area contributed by atoms with E-state index in [1.54, 1.807) is 0 Å². The van der Waals surface area contributed by atoms with Crippen molar-refractivity contribution in [2.24, 2.45) is 0 Å². The van der Waals surface area contributed by atoms with E-state index < -0.39 is 128 Å². The van der Waals surface area contributed by atoms with Crippen LogP contribution in [0.2, 0.25) is 0 Å². The molecule has 1 amide bonds.